The Morgan fingerprint density at radius 1 is 1.40 bits per heavy atom. The molecule has 9 heteroatoms. The first kappa shape index (κ1) is 18.0. The highest BCUT2D eigenvalue weighted by atomic mass is 16.5. The molecule has 0 radical (unpaired) electrons. The minimum Gasteiger partial charge on any atom is -0.480 e. The maximum absolute atomic E-state index is 11.4. The molecule has 0 heterocycles. The lowest BCUT2D eigenvalue weighted by Crippen LogP contribution is -2.41. The van der Waals surface area contributed by atoms with Gasteiger partial charge < -0.3 is 31.9 Å². The van der Waals surface area contributed by atoms with Gasteiger partial charge in [-0.3, -0.25) is 4.99 Å². The standard InChI is InChI=1S/C11H23N5O4/c1-2-14-6-7-20-11(19)16-8(9(17)18)4-3-5-15-10(12)13/h8,14H,2-7H2,1H3,(H,16,19)(H,17,18)(H4,12,13,15)/t8-/m1/s1. The Morgan fingerprint density at radius 2 is 2.10 bits per heavy atom. The average molecular weight is 289 g/mol. The third kappa shape index (κ3) is 9.95. The summed E-state index contributed by atoms with van der Waals surface area (Å²) in [4.78, 5) is 26.1. The summed E-state index contributed by atoms with van der Waals surface area (Å²) in [6.07, 6.45) is -0.0989. The molecule has 0 aliphatic rings. The Morgan fingerprint density at radius 3 is 2.65 bits per heavy atom. The smallest absolute Gasteiger partial charge is 0.407 e. The van der Waals surface area contributed by atoms with Crippen LogP contribution in [-0.2, 0) is 9.53 Å². The summed E-state index contributed by atoms with van der Waals surface area (Å²) in [5.41, 5.74) is 10.3. The van der Waals surface area contributed by atoms with Gasteiger partial charge in [0, 0.05) is 13.1 Å². The molecule has 7 N–H and O–H groups in total. The van der Waals surface area contributed by atoms with Crippen LogP contribution in [-0.4, -0.2) is 55.4 Å². The largest absolute Gasteiger partial charge is 0.480 e. The van der Waals surface area contributed by atoms with E-state index in [1.807, 2.05) is 6.92 Å². The molecule has 0 aromatic carbocycles. The van der Waals surface area contributed by atoms with E-state index in [0.29, 0.717) is 19.5 Å². The zero-order valence-corrected chi connectivity index (χ0v) is 11.6. The van der Waals surface area contributed by atoms with Gasteiger partial charge in [0.05, 0.1) is 0 Å². The number of alkyl carbamates (subject to hydrolysis) is 1. The van der Waals surface area contributed by atoms with E-state index in [9.17, 15) is 9.59 Å². The number of nitrogens with zero attached hydrogens (tertiary/aromatic N) is 1. The zero-order valence-electron chi connectivity index (χ0n) is 11.6. The molecular formula is C11H23N5O4. The molecule has 0 fully saturated rings. The summed E-state index contributed by atoms with van der Waals surface area (Å²) in [6.45, 7) is 3.71. The van der Waals surface area contributed by atoms with Crippen molar-refractivity contribution in [3.05, 3.63) is 0 Å². The van der Waals surface area contributed by atoms with Crippen LogP contribution in [0, 0.1) is 0 Å². The molecule has 0 bridgehead atoms. The number of aliphatic imine (C=N–C) groups is 1. The molecule has 0 aromatic heterocycles. The third-order valence-corrected chi connectivity index (χ3v) is 2.30. The molecule has 0 saturated carbocycles. The zero-order chi connectivity index (χ0) is 15.4. The molecule has 0 aliphatic carbocycles. The number of carbonyl (C=O) groups is 2. The fourth-order valence-electron chi connectivity index (χ4n) is 1.34. The first-order valence-corrected chi connectivity index (χ1v) is 6.39. The average Bonchev–Trinajstić information content (AvgIpc) is 2.37. The fraction of sp³-hybridized carbons (Fsp3) is 0.727. The number of rotatable bonds is 10. The van der Waals surface area contributed by atoms with E-state index in [1.54, 1.807) is 0 Å². The van der Waals surface area contributed by atoms with Crippen LogP contribution < -0.4 is 22.1 Å². The second-order valence-corrected chi connectivity index (χ2v) is 3.97. The number of hydrogen-bond acceptors (Lipinski definition) is 5. The van der Waals surface area contributed by atoms with E-state index >= 15 is 0 Å². The Labute approximate surface area is 117 Å². The number of aliphatic carboxylic acids is 1. The van der Waals surface area contributed by atoms with Crippen molar-refractivity contribution in [3.8, 4) is 0 Å². The van der Waals surface area contributed by atoms with Crippen molar-refractivity contribution in [2.24, 2.45) is 16.5 Å². The summed E-state index contributed by atoms with van der Waals surface area (Å²) in [6, 6.07) is -1.02. The van der Waals surface area contributed by atoms with Crippen molar-refractivity contribution >= 4 is 18.0 Å². The normalized spacial score (nSPS) is 11.4. The summed E-state index contributed by atoms with van der Waals surface area (Å²) in [7, 11) is 0. The quantitative estimate of drug-likeness (QED) is 0.193. The molecule has 1 atom stereocenters. The lowest BCUT2D eigenvalue weighted by atomic mass is 10.1. The van der Waals surface area contributed by atoms with Gasteiger partial charge in [0.15, 0.2) is 5.96 Å². The van der Waals surface area contributed by atoms with Crippen LogP contribution in [0.3, 0.4) is 0 Å². The highest BCUT2D eigenvalue weighted by molar-refractivity contribution is 5.79. The van der Waals surface area contributed by atoms with Crippen molar-refractivity contribution < 1.29 is 19.4 Å². The Hall–Kier alpha value is -2.03. The van der Waals surface area contributed by atoms with E-state index in [0.717, 1.165) is 6.54 Å². The van der Waals surface area contributed by atoms with Gasteiger partial charge in [-0.05, 0) is 19.4 Å². The molecule has 9 nitrogen and oxygen atoms in total. The SMILES string of the molecule is CCNCCOC(=O)N[C@H](CCCN=C(N)N)C(=O)O. The van der Waals surface area contributed by atoms with E-state index in [1.165, 1.54) is 0 Å². The molecule has 0 saturated heterocycles. The molecule has 0 rings (SSSR count). The molecule has 0 unspecified atom stereocenters. The van der Waals surface area contributed by atoms with Crippen molar-refractivity contribution in [2.75, 3.05) is 26.2 Å². The summed E-state index contributed by atoms with van der Waals surface area (Å²) < 4.78 is 4.83. The van der Waals surface area contributed by atoms with Gasteiger partial charge >= 0.3 is 12.1 Å². The predicted octanol–water partition coefficient (Wildman–Crippen LogP) is -1.17. The van der Waals surface area contributed by atoms with Crippen molar-refractivity contribution in [1.82, 2.24) is 10.6 Å². The number of likely N-dealkylation sites (N-methyl/N-ethyl adjacent to an activating group) is 1. The van der Waals surface area contributed by atoms with Gasteiger partial charge in [0.25, 0.3) is 0 Å². The van der Waals surface area contributed by atoms with Gasteiger partial charge in [-0.25, -0.2) is 9.59 Å². The lowest BCUT2D eigenvalue weighted by Gasteiger charge is -2.14. The number of ether oxygens (including phenoxy) is 1. The molecule has 20 heavy (non-hydrogen) atoms. The molecular weight excluding hydrogens is 266 g/mol. The lowest BCUT2D eigenvalue weighted by molar-refractivity contribution is -0.139. The number of hydrogen-bond donors (Lipinski definition) is 5. The number of carboxylic acid groups (broad SMARTS) is 1. The van der Waals surface area contributed by atoms with E-state index in [-0.39, 0.29) is 19.0 Å². The van der Waals surface area contributed by atoms with Crippen LogP contribution in [0.25, 0.3) is 0 Å². The Bertz CT molecular complexity index is 331. The van der Waals surface area contributed by atoms with Crippen LogP contribution in [0.15, 0.2) is 4.99 Å². The third-order valence-electron chi connectivity index (χ3n) is 2.30. The van der Waals surface area contributed by atoms with Gasteiger partial charge in [-0.15, -0.1) is 0 Å². The Kier molecular flexibility index (Phi) is 9.75. The van der Waals surface area contributed by atoms with Gasteiger partial charge in [0.1, 0.15) is 12.6 Å². The van der Waals surface area contributed by atoms with Gasteiger partial charge in [0.2, 0.25) is 0 Å². The van der Waals surface area contributed by atoms with E-state index < -0.39 is 18.1 Å². The Balaban J connectivity index is 3.97. The number of nitrogens with one attached hydrogen (secondary N) is 2. The number of nitrogens with two attached hydrogens (primary N) is 2. The van der Waals surface area contributed by atoms with Crippen LogP contribution in [0.2, 0.25) is 0 Å². The molecule has 0 aliphatic heterocycles. The molecule has 116 valence electrons. The second-order valence-electron chi connectivity index (χ2n) is 3.97. The summed E-state index contributed by atoms with van der Waals surface area (Å²) in [5.74, 6) is -1.17. The number of amides is 1. The maximum Gasteiger partial charge on any atom is 0.407 e. The van der Waals surface area contributed by atoms with Crippen LogP contribution >= 0.6 is 0 Å². The maximum atomic E-state index is 11.4. The van der Waals surface area contributed by atoms with Crippen molar-refractivity contribution in [3.63, 3.8) is 0 Å². The van der Waals surface area contributed by atoms with Gasteiger partial charge in [-0.2, -0.15) is 0 Å². The summed E-state index contributed by atoms with van der Waals surface area (Å²) in [5, 5.41) is 14.2. The number of carboxylic acids is 1. The topological polar surface area (TPSA) is 152 Å². The number of guanidine groups is 1. The van der Waals surface area contributed by atoms with Crippen LogP contribution in [0.1, 0.15) is 19.8 Å². The van der Waals surface area contributed by atoms with Crippen molar-refractivity contribution in [2.45, 2.75) is 25.8 Å². The highest BCUT2D eigenvalue weighted by Crippen LogP contribution is 1.99. The van der Waals surface area contributed by atoms with E-state index in [4.69, 9.17) is 21.3 Å². The fourth-order valence-corrected chi connectivity index (χ4v) is 1.34. The summed E-state index contributed by atoms with van der Waals surface area (Å²) >= 11 is 0. The monoisotopic (exact) mass is 289 g/mol. The minimum absolute atomic E-state index is 0.0485. The first-order valence-electron chi connectivity index (χ1n) is 6.39. The first-order chi connectivity index (χ1) is 9.47. The van der Waals surface area contributed by atoms with Crippen molar-refractivity contribution in [1.29, 1.82) is 0 Å². The van der Waals surface area contributed by atoms with Crippen LogP contribution in [0.5, 0.6) is 0 Å². The number of carbonyl (C=O) groups excluding carboxylic acids is 1. The molecule has 0 aromatic rings. The minimum atomic E-state index is -1.13. The van der Waals surface area contributed by atoms with Crippen LogP contribution in [0.4, 0.5) is 4.79 Å². The van der Waals surface area contributed by atoms with Gasteiger partial charge in [-0.1, -0.05) is 6.92 Å². The second kappa shape index (κ2) is 10.9. The molecule has 1 amide bonds. The highest BCUT2D eigenvalue weighted by Gasteiger charge is 2.19. The predicted molar refractivity (Wildman–Crippen MR) is 74.4 cm³/mol. The van der Waals surface area contributed by atoms with E-state index in [2.05, 4.69) is 15.6 Å². The molecule has 0 spiro atoms.